The van der Waals surface area contributed by atoms with Crippen LogP contribution in [-0.4, -0.2) is 35.0 Å². The number of nitrogens with zero attached hydrogens (tertiary/aromatic N) is 6. The monoisotopic (exact) mass is 782 g/mol. The van der Waals surface area contributed by atoms with Gasteiger partial charge in [0.05, 0.1) is 22.1 Å². The average molecular weight is 783 g/mol. The summed E-state index contributed by atoms with van der Waals surface area (Å²) in [7, 11) is 0. The molecule has 0 aliphatic heterocycles. The highest BCUT2D eigenvalue weighted by Crippen LogP contribution is 2.38. The number of phenolic OH excluding ortho intramolecular Hbond substituents is 1. The second-order valence-electron chi connectivity index (χ2n) is 13.9. The Bertz CT molecular complexity index is 2780. The number of hydrogen-bond donors (Lipinski definition) is 3. The molecule has 0 amide bonds. The number of nitrogens with one attached hydrogen (secondary N) is 2. The summed E-state index contributed by atoms with van der Waals surface area (Å²) in [6, 6.07) is 37.8. The quantitative estimate of drug-likeness (QED) is 0.115. The van der Waals surface area contributed by atoms with Gasteiger partial charge in [-0.3, -0.25) is 0 Å². The van der Waals surface area contributed by atoms with Crippen LogP contribution in [0.3, 0.4) is 0 Å². The molecule has 57 heavy (non-hydrogen) atoms. The van der Waals surface area contributed by atoms with Gasteiger partial charge in [-0.2, -0.15) is 0 Å². The minimum Gasteiger partial charge on any atom is -0.508 e. The van der Waals surface area contributed by atoms with Gasteiger partial charge in [0.2, 0.25) is 0 Å². The third kappa shape index (κ3) is 8.83. The highest BCUT2D eigenvalue weighted by atomic mass is 32.2. The van der Waals surface area contributed by atoms with E-state index in [1.807, 2.05) is 78.9 Å². The molecule has 4 heterocycles. The molecule has 0 saturated carbocycles. The van der Waals surface area contributed by atoms with E-state index in [0.29, 0.717) is 22.9 Å². The van der Waals surface area contributed by atoms with E-state index in [9.17, 15) is 5.11 Å². The summed E-state index contributed by atoms with van der Waals surface area (Å²) in [6.45, 7) is 8.47. The lowest BCUT2D eigenvalue weighted by atomic mass is 10.1. The molecule has 4 aromatic heterocycles. The molecule has 8 aromatic rings. The van der Waals surface area contributed by atoms with E-state index >= 15 is 0 Å². The van der Waals surface area contributed by atoms with Crippen LogP contribution in [0.2, 0.25) is 0 Å². The Kier molecular flexibility index (Phi) is 11.0. The summed E-state index contributed by atoms with van der Waals surface area (Å²) >= 11 is 3.25. The fourth-order valence-electron chi connectivity index (χ4n) is 6.00. The lowest BCUT2D eigenvalue weighted by Gasteiger charge is -2.14. The Labute approximate surface area is 339 Å². The number of pyridine rings is 2. The predicted molar refractivity (Wildman–Crippen MR) is 231 cm³/mol. The van der Waals surface area contributed by atoms with E-state index < -0.39 is 0 Å². The molecule has 280 valence electrons. The largest absolute Gasteiger partial charge is 0.508 e. The third-order valence-corrected chi connectivity index (χ3v) is 11.2. The van der Waals surface area contributed by atoms with Crippen molar-refractivity contribution in [3.8, 4) is 17.6 Å². The van der Waals surface area contributed by atoms with Crippen molar-refractivity contribution in [2.45, 2.75) is 59.1 Å². The summed E-state index contributed by atoms with van der Waals surface area (Å²) in [4.78, 5) is 31.8. The molecule has 0 atom stereocenters. The van der Waals surface area contributed by atoms with E-state index in [-0.39, 0.29) is 17.6 Å². The first-order valence-electron chi connectivity index (χ1n) is 18.5. The predicted octanol–water partition coefficient (Wildman–Crippen LogP) is 11.5. The van der Waals surface area contributed by atoms with Gasteiger partial charge in [0.25, 0.3) is 0 Å². The molecule has 9 nitrogen and oxygen atoms in total. The van der Waals surface area contributed by atoms with Gasteiger partial charge >= 0.3 is 0 Å². The maximum Gasteiger partial charge on any atom is 0.164 e. The molecule has 4 aromatic carbocycles. The van der Waals surface area contributed by atoms with Crippen molar-refractivity contribution < 1.29 is 5.11 Å². The van der Waals surface area contributed by atoms with Crippen LogP contribution in [0.25, 0.3) is 22.1 Å². The zero-order valence-corrected chi connectivity index (χ0v) is 33.4. The number of anilines is 4. The normalized spacial score (nSPS) is 11.2. The van der Waals surface area contributed by atoms with Crippen LogP contribution < -0.4 is 10.6 Å². The molecule has 3 N–H and O–H groups in total. The molecule has 0 saturated heterocycles. The maximum atomic E-state index is 9.89. The number of rotatable bonds is 10. The van der Waals surface area contributed by atoms with Gasteiger partial charge in [-0.1, -0.05) is 81.3 Å². The summed E-state index contributed by atoms with van der Waals surface area (Å²) in [5, 5.41) is 18.7. The van der Waals surface area contributed by atoms with Crippen molar-refractivity contribution in [3.63, 3.8) is 0 Å². The Morgan fingerprint density at radius 2 is 1.00 bits per heavy atom. The average Bonchev–Trinajstić information content (AvgIpc) is 3.22. The molecule has 0 aliphatic carbocycles. The molecule has 0 spiro atoms. The Morgan fingerprint density at radius 1 is 0.526 bits per heavy atom. The fraction of sp³-hybridized carbons (Fsp3) is 0.130. The van der Waals surface area contributed by atoms with E-state index in [1.165, 1.54) is 6.33 Å². The van der Waals surface area contributed by atoms with E-state index in [1.54, 1.807) is 42.0 Å². The third-order valence-electron chi connectivity index (χ3n) is 9.07. The standard InChI is InChI=1S/C46H38N8OS2/c1-28(2)37-20-18-35-43(51-37)47-26-49-45(35)53-39-24-30(12-22-41(39)56-33-8-6-5-7-9-33)10-11-31-13-23-42(57-34-16-14-32(55)15-17-34)40(25-31)54-46-36-19-21-38(29(3)4)52-44(36)48-27-50-46/h5-9,12-29,55H,1-4H3,(H,47,49,51,53)(H,48,50,52,54). The van der Waals surface area contributed by atoms with Crippen LogP contribution in [0.1, 0.15) is 62.0 Å². The minimum atomic E-state index is 0.219. The van der Waals surface area contributed by atoms with Crippen molar-refractivity contribution in [3.05, 3.63) is 150 Å². The van der Waals surface area contributed by atoms with E-state index in [4.69, 9.17) is 9.97 Å². The van der Waals surface area contributed by atoms with Crippen LogP contribution in [0.15, 0.2) is 147 Å². The van der Waals surface area contributed by atoms with Gasteiger partial charge in [0.15, 0.2) is 11.3 Å². The Morgan fingerprint density at radius 3 is 1.47 bits per heavy atom. The highest BCUT2D eigenvalue weighted by Gasteiger charge is 2.14. The zero-order valence-electron chi connectivity index (χ0n) is 31.7. The fourth-order valence-corrected chi connectivity index (χ4v) is 7.79. The number of phenols is 1. The first-order valence-corrected chi connectivity index (χ1v) is 20.2. The summed E-state index contributed by atoms with van der Waals surface area (Å²) in [6.07, 6.45) is 3.08. The minimum absolute atomic E-state index is 0.219. The van der Waals surface area contributed by atoms with Crippen molar-refractivity contribution in [1.29, 1.82) is 0 Å². The van der Waals surface area contributed by atoms with E-state index in [0.717, 1.165) is 64.2 Å². The van der Waals surface area contributed by atoms with Crippen molar-refractivity contribution in [2.24, 2.45) is 0 Å². The van der Waals surface area contributed by atoms with Gasteiger partial charge in [0.1, 0.15) is 30.0 Å². The van der Waals surface area contributed by atoms with Gasteiger partial charge in [-0.25, -0.2) is 29.9 Å². The van der Waals surface area contributed by atoms with Crippen molar-refractivity contribution >= 4 is 68.6 Å². The molecular weight excluding hydrogens is 745 g/mol. The second-order valence-corrected chi connectivity index (χ2v) is 16.1. The lowest BCUT2D eigenvalue weighted by molar-refractivity contribution is 0.475. The van der Waals surface area contributed by atoms with Crippen LogP contribution in [0.5, 0.6) is 5.75 Å². The van der Waals surface area contributed by atoms with Gasteiger partial charge in [-0.05, 0) is 109 Å². The molecule has 0 fully saturated rings. The van der Waals surface area contributed by atoms with Crippen LogP contribution in [-0.2, 0) is 0 Å². The van der Waals surface area contributed by atoms with Crippen LogP contribution in [0.4, 0.5) is 23.0 Å². The molecule has 0 aliphatic rings. The van der Waals surface area contributed by atoms with Gasteiger partial charge in [-0.15, -0.1) is 0 Å². The number of fused-ring (bicyclic) bond motifs is 2. The van der Waals surface area contributed by atoms with Crippen LogP contribution >= 0.6 is 23.5 Å². The van der Waals surface area contributed by atoms with E-state index in [2.05, 4.69) is 94.4 Å². The second kappa shape index (κ2) is 16.7. The summed E-state index contributed by atoms with van der Waals surface area (Å²) in [5.41, 5.74) is 6.59. The summed E-state index contributed by atoms with van der Waals surface area (Å²) in [5.74, 6) is 8.91. The number of benzene rings is 4. The maximum absolute atomic E-state index is 9.89. The highest BCUT2D eigenvalue weighted by molar-refractivity contribution is 7.99. The molecular formula is C46H38N8OS2. The first kappa shape index (κ1) is 37.4. The van der Waals surface area contributed by atoms with Crippen molar-refractivity contribution in [2.75, 3.05) is 10.6 Å². The SMILES string of the molecule is CC(C)c1ccc2c(Nc3cc(C#Cc4ccc(Sc5ccc(O)cc5)c(Nc5ncnc6nc(C(C)C)ccc56)c4)ccc3Sc3ccccc3)ncnc2n1. The molecule has 0 radical (unpaired) electrons. The number of aromatic nitrogens is 6. The van der Waals surface area contributed by atoms with Crippen LogP contribution in [0, 0.1) is 11.8 Å². The first-order chi connectivity index (χ1) is 27.8. The molecule has 0 unspecified atom stereocenters. The lowest BCUT2D eigenvalue weighted by Crippen LogP contribution is -2.01. The van der Waals surface area contributed by atoms with Gasteiger partial charge in [0, 0.05) is 42.1 Å². The number of hydrogen-bond acceptors (Lipinski definition) is 11. The molecule has 11 heteroatoms. The zero-order chi connectivity index (χ0) is 39.3. The summed E-state index contributed by atoms with van der Waals surface area (Å²) < 4.78 is 0. The topological polar surface area (TPSA) is 122 Å². The molecule has 0 bridgehead atoms. The number of aromatic hydroxyl groups is 1. The van der Waals surface area contributed by atoms with Gasteiger partial charge < -0.3 is 15.7 Å². The molecule has 8 rings (SSSR count). The Balaban J connectivity index is 1.15. The smallest absolute Gasteiger partial charge is 0.164 e. The van der Waals surface area contributed by atoms with Crippen molar-refractivity contribution in [1.82, 2.24) is 29.9 Å². The Hall–Kier alpha value is -6.48.